The van der Waals surface area contributed by atoms with Crippen molar-refractivity contribution in [3.8, 4) is 0 Å². The highest BCUT2D eigenvalue weighted by Gasteiger charge is 2.24. The number of anilines is 1. The van der Waals surface area contributed by atoms with E-state index in [2.05, 4.69) is 10.2 Å². The first-order chi connectivity index (χ1) is 10.0. The average Bonchev–Trinajstić information content (AvgIpc) is 2.86. The van der Waals surface area contributed by atoms with Gasteiger partial charge in [0, 0.05) is 18.7 Å². The van der Waals surface area contributed by atoms with E-state index in [4.69, 9.17) is 5.11 Å². The summed E-state index contributed by atoms with van der Waals surface area (Å²) in [6.45, 7) is 4.06. The molecule has 2 N–H and O–H groups in total. The molecule has 0 aromatic heterocycles. The Bertz CT molecular complexity index is 499. The van der Waals surface area contributed by atoms with Crippen molar-refractivity contribution >= 4 is 17.6 Å². The smallest absolute Gasteiger partial charge is 0.303 e. The second kappa shape index (κ2) is 7.22. The molecule has 0 spiro atoms. The third kappa shape index (κ3) is 5.19. The van der Waals surface area contributed by atoms with Gasteiger partial charge in [-0.15, -0.1) is 0 Å². The molecule has 1 aromatic carbocycles. The van der Waals surface area contributed by atoms with Gasteiger partial charge in [-0.3, -0.25) is 14.5 Å². The van der Waals surface area contributed by atoms with Gasteiger partial charge in [0.05, 0.1) is 6.54 Å². The van der Waals surface area contributed by atoms with Crippen molar-refractivity contribution in [2.45, 2.75) is 26.2 Å². The average molecular weight is 290 g/mol. The molecule has 0 saturated carbocycles. The summed E-state index contributed by atoms with van der Waals surface area (Å²) in [6, 6.07) is 7.72. The molecule has 0 bridgehead atoms. The zero-order valence-corrected chi connectivity index (χ0v) is 12.3. The fraction of sp³-hybridized carbons (Fsp3) is 0.500. The lowest BCUT2D eigenvalue weighted by Crippen LogP contribution is -2.31. The molecule has 1 saturated heterocycles. The van der Waals surface area contributed by atoms with Gasteiger partial charge in [0.1, 0.15) is 0 Å². The summed E-state index contributed by atoms with van der Waals surface area (Å²) in [7, 11) is 0. The van der Waals surface area contributed by atoms with Crippen molar-refractivity contribution in [2.75, 3.05) is 25.0 Å². The Morgan fingerprint density at radius 1 is 1.33 bits per heavy atom. The molecule has 1 atom stereocenters. The maximum absolute atomic E-state index is 12.0. The third-order valence-electron chi connectivity index (χ3n) is 3.84. The number of amides is 1. The zero-order valence-electron chi connectivity index (χ0n) is 12.3. The van der Waals surface area contributed by atoms with Gasteiger partial charge >= 0.3 is 5.97 Å². The lowest BCUT2D eigenvalue weighted by Gasteiger charge is -2.15. The third-order valence-corrected chi connectivity index (χ3v) is 3.84. The van der Waals surface area contributed by atoms with Crippen LogP contribution in [-0.4, -0.2) is 41.5 Å². The maximum Gasteiger partial charge on any atom is 0.303 e. The lowest BCUT2D eigenvalue weighted by molar-refractivity contribution is -0.137. The standard InChI is InChI=1S/C16H22N2O3/c1-12-2-5-14(6-3-12)17-15(19)11-18-9-8-13(10-18)4-7-16(20)21/h2-3,5-6,13H,4,7-11H2,1H3,(H,17,19)(H,20,21). The summed E-state index contributed by atoms with van der Waals surface area (Å²) in [6.07, 6.45) is 1.89. The van der Waals surface area contributed by atoms with Crippen LogP contribution in [0.2, 0.25) is 0 Å². The monoisotopic (exact) mass is 290 g/mol. The number of nitrogens with one attached hydrogen (secondary N) is 1. The highest BCUT2D eigenvalue weighted by atomic mass is 16.4. The SMILES string of the molecule is Cc1ccc(NC(=O)CN2CCC(CCC(=O)O)C2)cc1. The van der Waals surface area contributed by atoms with E-state index in [1.54, 1.807) is 0 Å². The molecular weight excluding hydrogens is 268 g/mol. The van der Waals surface area contributed by atoms with E-state index in [0.717, 1.165) is 30.8 Å². The van der Waals surface area contributed by atoms with Gasteiger partial charge in [-0.25, -0.2) is 0 Å². The van der Waals surface area contributed by atoms with Gasteiger partial charge in [0.15, 0.2) is 0 Å². The Balaban J connectivity index is 1.73. The second-order valence-electron chi connectivity index (χ2n) is 5.74. The molecule has 1 heterocycles. The van der Waals surface area contributed by atoms with Crippen LogP contribution in [0.15, 0.2) is 24.3 Å². The molecule has 5 nitrogen and oxygen atoms in total. The number of carboxylic acids is 1. The van der Waals surface area contributed by atoms with Crippen LogP contribution in [-0.2, 0) is 9.59 Å². The minimum atomic E-state index is -0.745. The Morgan fingerprint density at radius 2 is 2.05 bits per heavy atom. The first-order valence-electron chi connectivity index (χ1n) is 7.33. The highest BCUT2D eigenvalue weighted by molar-refractivity contribution is 5.92. The summed E-state index contributed by atoms with van der Waals surface area (Å²) in [5.41, 5.74) is 1.97. The Kier molecular flexibility index (Phi) is 5.33. The van der Waals surface area contributed by atoms with E-state index in [1.807, 2.05) is 31.2 Å². The first-order valence-corrected chi connectivity index (χ1v) is 7.33. The molecule has 1 fully saturated rings. The normalized spacial score (nSPS) is 18.6. The van der Waals surface area contributed by atoms with Crippen LogP contribution in [0.4, 0.5) is 5.69 Å². The van der Waals surface area contributed by atoms with Crippen LogP contribution in [0, 0.1) is 12.8 Å². The highest BCUT2D eigenvalue weighted by Crippen LogP contribution is 2.20. The van der Waals surface area contributed by atoms with Gasteiger partial charge in [0.2, 0.25) is 5.91 Å². The van der Waals surface area contributed by atoms with Crippen molar-refractivity contribution in [3.63, 3.8) is 0 Å². The maximum atomic E-state index is 12.0. The van der Waals surface area contributed by atoms with E-state index in [0.29, 0.717) is 18.9 Å². The van der Waals surface area contributed by atoms with E-state index >= 15 is 0 Å². The van der Waals surface area contributed by atoms with E-state index < -0.39 is 5.97 Å². The minimum Gasteiger partial charge on any atom is -0.481 e. The molecule has 21 heavy (non-hydrogen) atoms. The molecule has 1 unspecified atom stereocenters. The molecule has 114 valence electrons. The van der Waals surface area contributed by atoms with Gasteiger partial charge in [-0.2, -0.15) is 0 Å². The zero-order chi connectivity index (χ0) is 15.2. The molecular formula is C16H22N2O3. The number of benzene rings is 1. The van der Waals surface area contributed by atoms with Gasteiger partial charge in [-0.1, -0.05) is 17.7 Å². The number of hydrogen-bond acceptors (Lipinski definition) is 3. The number of aliphatic carboxylic acids is 1. The number of carbonyl (C=O) groups is 2. The van der Waals surface area contributed by atoms with Crippen LogP contribution in [0.25, 0.3) is 0 Å². The van der Waals surface area contributed by atoms with E-state index in [-0.39, 0.29) is 12.3 Å². The van der Waals surface area contributed by atoms with Crippen LogP contribution in [0.3, 0.4) is 0 Å². The van der Waals surface area contributed by atoms with Crippen molar-refractivity contribution in [1.29, 1.82) is 0 Å². The summed E-state index contributed by atoms with van der Waals surface area (Å²) < 4.78 is 0. The minimum absolute atomic E-state index is 0.0160. The molecule has 5 heteroatoms. The largest absolute Gasteiger partial charge is 0.481 e. The predicted octanol–water partition coefficient (Wildman–Crippen LogP) is 2.12. The van der Waals surface area contributed by atoms with Crippen molar-refractivity contribution in [1.82, 2.24) is 4.90 Å². The van der Waals surface area contributed by atoms with Crippen LogP contribution < -0.4 is 5.32 Å². The number of nitrogens with zero attached hydrogens (tertiary/aromatic N) is 1. The number of aryl methyl sites for hydroxylation is 1. The summed E-state index contributed by atoms with van der Waals surface area (Å²) in [5, 5.41) is 11.6. The predicted molar refractivity (Wildman–Crippen MR) is 81.2 cm³/mol. The van der Waals surface area contributed by atoms with Crippen LogP contribution >= 0.6 is 0 Å². The van der Waals surface area contributed by atoms with Gasteiger partial charge < -0.3 is 10.4 Å². The topological polar surface area (TPSA) is 69.6 Å². The quantitative estimate of drug-likeness (QED) is 0.842. The van der Waals surface area contributed by atoms with Gasteiger partial charge in [-0.05, 0) is 44.4 Å². The first kappa shape index (κ1) is 15.5. The molecule has 1 aliphatic heterocycles. The molecule has 1 aromatic rings. The Labute approximate surface area is 125 Å². The summed E-state index contributed by atoms with van der Waals surface area (Å²) in [4.78, 5) is 24.6. The van der Waals surface area contributed by atoms with E-state index in [1.165, 1.54) is 0 Å². The Hall–Kier alpha value is -1.88. The van der Waals surface area contributed by atoms with Crippen LogP contribution in [0.1, 0.15) is 24.8 Å². The lowest BCUT2D eigenvalue weighted by atomic mass is 10.0. The summed E-state index contributed by atoms with van der Waals surface area (Å²) >= 11 is 0. The molecule has 1 aliphatic rings. The van der Waals surface area contributed by atoms with E-state index in [9.17, 15) is 9.59 Å². The number of likely N-dealkylation sites (tertiary alicyclic amines) is 1. The van der Waals surface area contributed by atoms with Crippen molar-refractivity contribution in [3.05, 3.63) is 29.8 Å². The number of hydrogen-bond donors (Lipinski definition) is 2. The molecule has 1 amide bonds. The number of carbonyl (C=O) groups excluding carboxylic acids is 1. The van der Waals surface area contributed by atoms with Crippen LogP contribution in [0.5, 0.6) is 0 Å². The second-order valence-corrected chi connectivity index (χ2v) is 5.74. The number of carboxylic acid groups (broad SMARTS) is 1. The van der Waals surface area contributed by atoms with Crippen molar-refractivity contribution < 1.29 is 14.7 Å². The molecule has 0 aliphatic carbocycles. The molecule has 0 radical (unpaired) electrons. The fourth-order valence-corrected chi connectivity index (χ4v) is 2.66. The Morgan fingerprint density at radius 3 is 2.71 bits per heavy atom. The number of rotatable bonds is 6. The fourth-order valence-electron chi connectivity index (χ4n) is 2.66. The molecule has 2 rings (SSSR count). The van der Waals surface area contributed by atoms with Gasteiger partial charge in [0.25, 0.3) is 0 Å². The summed E-state index contributed by atoms with van der Waals surface area (Å²) in [5.74, 6) is -0.364. The van der Waals surface area contributed by atoms with Crippen molar-refractivity contribution in [2.24, 2.45) is 5.92 Å².